The van der Waals surface area contributed by atoms with Gasteiger partial charge in [0.15, 0.2) is 0 Å². The Balaban J connectivity index is 2.19. The van der Waals surface area contributed by atoms with Crippen LogP contribution >= 0.6 is 34.5 Å². The normalized spacial score (nSPS) is 11.4. The van der Waals surface area contributed by atoms with Crippen LogP contribution in [0.4, 0.5) is 16.4 Å². The number of hydrogen-bond donors (Lipinski definition) is 0. The van der Waals surface area contributed by atoms with E-state index in [1.54, 1.807) is 24.3 Å². The summed E-state index contributed by atoms with van der Waals surface area (Å²) in [5.74, 6) is 0.467. The summed E-state index contributed by atoms with van der Waals surface area (Å²) in [6.07, 6.45) is 0. The molecule has 0 aliphatic heterocycles. The van der Waals surface area contributed by atoms with Gasteiger partial charge in [-0.3, -0.25) is 14.4 Å². The van der Waals surface area contributed by atoms with Gasteiger partial charge in [-0.1, -0.05) is 11.3 Å². The molecular weight excluding hydrogens is 433 g/mol. The minimum Gasteiger partial charge on any atom is -0.369 e. The first-order valence-electron chi connectivity index (χ1n) is 7.94. The van der Waals surface area contributed by atoms with Gasteiger partial charge in [-0.25, -0.2) is 8.42 Å². The Bertz CT molecular complexity index is 866. The van der Waals surface area contributed by atoms with Gasteiger partial charge in [-0.2, -0.15) is 0 Å². The van der Waals surface area contributed by atoms with E-state index in [-0.39, 0.29) is 10.6 Å². The van der Waals surface area contributed by atoms with Gasteiger partial charge in [0, 0.05) is 37.6 Å². The van der Waals surface area contributed by atoms with Gasteiger partial charge in [0.2, 0.25) is 10.0 Å². The lowest BCUT2D eigenvalue weighted by atomic mass is 10.2. The van der Waals surface area contributed by atoms with Crippen molar-refractivity contribution in [2.75, 3.05) is 41.1 Å². The van der Waals surface area contributed by atoms with Crippen LogP contribution in [0.15, 0.2) is 35.7 Å². The Hall–Kier alpha value is -1.55. The van der Waals surface area contributed by atoms with E-state index in [0.717, 1.165) is 21.3 Å². The van der Waals surface area contributed by atoms with Gasteiger partial charge in [0.25, 0.3) is 0 Å². The lowest BCUT2D eigenvalue weighted by molar-refractivity contribution is -0.380. The number of halogens is 2. The molecule has 1 aromatic carbocycles. The van der Waals surface area contributed by atoms with Gasteiger partial charge < -0.3 is 4.90 Å². The summed E-state index contributed by atoms with van der Waals surface area (Å²) in [7, 11) is -2.34. The van der Waals surface area contributed by atoms with Crippen LogP contribution in [0.5, 0.6) is 0 Å². The molecule has 11 heteroatoms. The van der Waals surface area contributed by atoms with Crippen LogP contribution in [-0.2, 0) is 15.8 Å². The number of nitrogens with zero attached hydrogens (tertiary/aromatic N) is 3. The molecule has 0 spiro atoms. The number of sulfonamides is 1. The number of nitro groups is 1. The predicted octanol–water partition coefficient (Wildman–Crippen LogP) is 3.91. The quantitative estimate of drug-likeness (QED) is 0.310. The van der Waals surface area contributed by atoms with Crippen molar-refractivity contribution < 1.29 is 13.3 Å². The monoisotopic (exact) mass is 451 g/mol. The molecule has 0 aliphatic carbocycles. The van der Waals surface area contributed by atoms with Gasteiger partial charge in [0.1, 0.15) is 5.75 Å². The van der Waals surface area contributed by atoms with E-state index in [2.05, 4.69) is 0 Å². The molecule has 2 rings (SSSR count). The van der Waals surface area contributed by atoms with Crippen molar-refractivity contribution in [3.63, 3.8) is 0 Å². The first kappa shape index (κ1) is 21.7. The Kier molecular flexibility index (Phi) is 7.72. The van der Waals surface area contributed by atoms with Gasteiger partial charge >= 0.3 is 5.00 Å². The maximum Gasteiger partial charge on any atom is 0.328 e. The van der Waals surface area contributed by atoms with Crippen molar-refractivity contribution in [2.45, 2.75) is 5.75 Å². The number of rotatable bonds is 10. The fourth-order valence-electron chi connectivity index (χ4n) is 2.50. The number of hydrogen-bond acceptors (Lipinski definition) is 6. The molecule has 0 saturated heterocycles. The van der Waals surface area contributed by atoms with Crippen LogP contribution in [-0.4, -0.2) is 45.2 Å². The molecule has 0 saturated carbocycles. The van der Waals surface area contributed by atoms with Crippen LogP contribution < -0.4 is 9.21 Å². The highest BCUT2D eigenvalue weighted by atomic mass is 35.5. The molecule has 0 N–H and O–H groups in total. The summed E-state index contributed by atoms with van der Waals surface area (Å²) in [5, 5.41) is 12.4. The first-order valence-corrected chi connectivity index (χ1v) is 11.5. The molecule has 148 valence electrons. The topological polar surface area (TPSA) is 83.8 Å². The fourth-order valence-corrected chi connectivity index (χ4v) is 5.00. The van der Waals surface area contributed by atoms with Gasteiger partial charge in [-0.05, 0) is 35.7 Å². The Morgan fingerprint density at radius 2 is 1.63 bits per heavy atom. The Morgan fingerprint density at radius 3 is 2.15 bits per heavy atom. The van der Waals surface area contributed by atoms with E-state index in [4.69, 9.17) is 23.2 Å². The molecule has 1 heterocycles. The molecule has 0 bridgehead atoms. The number of benzene rings is 1. The molecule has 0 aliphatic rings. The van der Waals surface area contributed by atoms with Gasteiger partial charge in [-0.15, -0.1) is 23.2 Å². The summed E-state index contributed by atoms with van der Waals surface area (Å²) in [6.45, 7) is 1.26. The lowest BCUT2D eigenvalue weighted by Crippen LogP contribution is -2.29. The standard InChI is InChI=1S/C16H19Cl2N3O4S2/c1-19(27(24,25)12-13-6-11-26-16(13)21(22)23)14-2-4-15(5-3-14)20(9-7-17)10-8-18/h2-6,11H,7-10,12H2,1H3. The number of thiophene rings is 1. The van der Waals surface area contributed by atoms with Gasteiger partial charge in [0.05, 0.1) is 16.2 Å². The lowest BCUT2D eigenvalue weighted by Gasteiger charge is -2.24. The molecule has 27 heavy (non-hydrogen) atoms. The van der Waals surface area contributed by atoms with Crippen molar-refractivity contribution in [3.05, 3.63) is 51.4 Å². The van der Waals surface area contributed by atoms with E-state index >= 15 is 0 Å². The molecule has 0 amide bonds. The zero-order valence-corrected chi connectivity index (χ0v) is 17.7. The summed E-state index contributed by atoms with van der Waals surface area (Å²) < 4.78 is 26.4. The van der Waals surface area contributed by atoms with Crippen molar-refractivity contribution in [1.29, 1.82) is 0 Å². The van der Waals surface area contributed by atoms with Crippen molar-refractivity contribution in [2.24, 2.45) is 0 Å². The Labute approximate surface area is 172 Å². The highest BCUT2D eigenvalue weighted by Crippen LogP contribution is 2.29. The maximum absolute atomic E-state index is 12.7. The van der Waals surface area contributed by atoms with Crippen molar-refractivity contribution >= 4 is 60.9 Å². The Morgan fingerprint density at radius 1 is 1.07 bits per heavy atom. The second-order valence-corrected chi connectivity index (χ2v) is 9.26. The summed E-state index contributed by atoms with van der Waals surface area (Å²) in [5.41, 5.74) is 1.54. The smallest absolute Gasteiger partial charge is 0.328 e. The second kappa shape index (κ2) is 9.59. The zero-order valence-electron chi connectivity index (χ0n) is 14.5. The molecule has 0 fully saturated rings. The average molecular weight is 452 g/mol. The fraction of sp³-hybridized carbons (Fsp3) is 0.375. The largest absolute Gasteiger partial charge is 0.369 e. The molecule has 2 aromatic rings. The maximum atomic E-state index is 12.7. The SMILES string of the molecule is CN(c1ccc(N(CCCl)CCCl)cc1)S(=O)(=O)Cc1ccsc1[N+](=O)[O-]. The second-order valence-electron chi connectivity index (χ2n) is 5.61. The van der Waals surface area contributed by atoms with E-state index in [1.165, 1.54) is 18.5 Å². The van der Waals surface area contributed by atoms with E-state index in [9.17, 15) is 18.5 Å². The summed E-state index contributed by atoms with van der Waals surface area (Å²) in [4.78, 5) is 12.4. The summed E-state index contributed by atoms with van der Waals surface area (Å²) >= 11 is 12.5. The molecule has 0 atom stereocenters. The van der Waals surface area contributed by atoms with E-state index in [0.29, 0.717) is 30.5 Å². The third-order valence-corrected chi connectivity index (χ3v) is 6.90. The van der Waals surface area contributed by atoms with Crippen LogP contribution in [0.2, 0.25) is 0 Å². The van der Waals surface area contributed by atoms with E-state index in [1.807, 2.05) is 4.90 Å². The van der Waals surface area contributed by atoms with Crippen LogP contribution in [0.1, 0.15) is 5.56 Å². The number of anilines is 2. The van der Waals surface area contributed by atoms with Crippen LogP contribution in [0, 0.1) is 10.1 Å². The van der Waals surface area contributed by atoms with Crippen LogP contribution in [0.25, 0.3) is 0 Å². The minimum absolute atomic E-state index is 0.153. The first-order chi connectivity index (χ1) is 12.8. The molecule has 0 radical (unpaired) electrons. The minimum atomic E-state index is -3.77. The van der Waals surface area contributed by atoms with Crippen molar-refractivity contribution in [1.82, 2.24) is 0 Å². The highest BCUT2D eigenvalue weighted by molar-refractivity contribution is 7.92. The predicted molar refractivity (Wildman–Crippen MR) is 112 cm³/mol. The molecule has 0 unspecified atom stereocenters. The molecule has 1 aromatic heterocycles. The summed E-state index contributed by atoms with van der Waals surface area (Å²) in [6, 6.07) is 8.43. The average Bonchev–Trinajstić information content (AvgIpc) is 3.09. The van der Waals surface area contributed by atoms with Crippen LogP contribution in [0.3, 0.4) is 0 Å². The third-order valence-electron chi connectivity index (χ3n) is 3.93. The molecular formula is C16H19Cl2N3O4S2. The number of alkyl halides is 2. The molecule has 7 nitrogen and oxygen atoms in total. The zero-order chi connectivity index (χ0) is 20.0. The van der Waals surface area contributed by atoms with Crippen molar-refractivity contribution in [3.8, 4) is 0 Å². The highest BCUT2D eigenvalue weighted by Gasteiger charge is 2.25. The third kappa shape index (κ3) is 5.47. The van der Waals surface area contributed by atoms with E-state index < -0.39 is 20.7 Å².